The number of nitrogens with one attached hydrogen (secondary N) is 1. The van der Waals surface area contributed by atoms with Crippen molar-refractivity contribution >= 4 is 11.6 Å². The zero-order valence-corrected chi connectivity index (χ0v) is 12.6. The highest BCUT2D eigenvalue weighted by Gasteiger charge is 2.38. The summed E-state index contributed by atoms with van der Waals surface area (Å²) in [5, 5.41) is 2.81. The van der Waals surface area contributed by atoms with Gasteiger partial charge in [0.25, 0.3) is 5.91 Å². The van der Waals surface area contributed by atoms with E-state index in [2.05, 4.69) is 5.32 Å². The Morgan fingerprint density at radius 2 is 1.86 bits per heavy atom. The van der Waals surface area contributed by atoms with Gasteiger partial charge < -0.3 is 10.2 Å². The standard InChI is InChI=1S/C17H23FN2O/c1-19-15-13(5-4-6-14(15)18)16(21)20-11-9-17(10-12-20)7-2-3-8-17/h4-6,19H,2-3,7-12H2,1H3. The molecule has 1 heterocycles. The number of benzene rings is 1. The molecule has 4 heteroatoms. The van der Waals surface area contributed by atoms with Crippen molar-refractivity contribution in [3.05, 3.63) is 29.6 Å². The molecule has 1 aliphatic carbocycles. The molecule has 1 saturated carbocycles. The Bertz CT molecular complexity index is 528. The molecule has 1 aliphatic heterocycles. The predicted octanol–water partition coefficient (Wildman–Crippen LogP) is 3.66. The third-order valence-electron chi connectivity index (χ3n) is 5.27. The van der Waals surface area contributed by atoms with Crippen LogP contribution in [0.5, 0.6) is 0 Å². The van der Waals surface area contributed by atoms with E-state index in [1.807, 2.05) is 4.90 Å². The van der Waals surface area contributed by atoms with E-state index < -0.39 is 0 Å². The molecular formula is C17H23FN2O. The summed E-state index contributed by atoms with van der Waals surface area (Å²) in [7, 11) is 1.65. The normalized spacial score (nSPS) is 20.8. The third kappa shape index (κ3) is 2.63. The molecule has 2 fully saturated rings. The number of carbonyl (C=O) groups is 1. The molecule has 1 aromatic carbocycles. The summed E-state index contributed by atoms with van der Waals surface area (Å²) in [6.45, 7) is 1.61. The van der Waals surface area contributed by atoms with Gasteiger partial charge in [0.2, 0.25) is 0 Å². The minimum Gasteiger partial charge on any atom is -0.385 e. The minimum atomic E-state index is -0.368. The largest absolute Gasteiger partial charge is 0.385 e. The van der Waals surface area contributed by atoms with Crippen molar-refractivity contribution in [1.82, 2.24) is 4.90 Å². The molecule has 1 aromatic rings. The van der Waals surface area contributed by atoms with Crippen molar-refractivity contribution in [1.29, 1.82) is 0 Å². The Labute approximate surface area is 125 Å². The smallest absolute Gasteiger partial charge is 0.256 e. The topological polar surface area (TPSA) is 32.3 Å². The van der Waals surface area contributed by atoms with Gasteiger partial charge in [-0.1, -0.05) is 18.9 Å². The summed E-state index contributed by atoms with van der Waals surface area (Å²) in [4.78, 5) is 14.5. The highest BCUT2D eigenvalue weighted by Crippen LogP contribution is 2.46. The van der Waals surface area contributed by atoms with E-state index in [0.717, 1.165) is 25.9 Å². The summed E-state index contributed by atoms with van der Waals surface area (Å²) in [6, 6.07) is 4.69. The van der Waals surface area contributed by atoms with Gasteiger partial charge in [0, 0.05) is 20.1 Å². The number of hydrogen-bond acceptors (Lipinski definition) is 2. The Hall–Kier alpha value is -1.58. The van der Waals surface area contributed by atoms with E-state index in [9.17, 15) is 9.18 Å². The molecule has 0 aromatic heterocycles. The molecule has 3 rings (SSSR count). The summed E-state index contributed by atoms with van der Waals surface area (Å²) in [5.74, 6) is -0.417. The lowest BCUT2D eigenvalue weighted by atomic mass is 9.77. The van der Waals surface area contributed by atoms with E-state index in [-0.39, 0.29) is 11.7 Å². The van der Waals surface area contributed by atoms with E-state index >= 15 is 0 Å². The summed E-state index contributed by atoms with van der Waals surface area (Å²) in [6.07, 6.45) is 7.50. The van der Waals surface area contributed by atoms with Crippen LogP contribution in [0.2, 0.25) is 0 Å². The Kier molecular flexibility index (Phi) is 3.87. The fraction of sp³-hybridized carbons (Fsp3) is 0.588. The fourth-order valence-electron chi connectivity index (χ4n) is 3.94. The van der Waals surface area contributed by atoms with Gasteiger partial charge in [-0.15, -0.1) is 0 Å². The van der Waals surface area contributed by atoms with Crippen molar-refractivity contribution < 1.29 is 9.18 Å². The van der Waals surface area contributed by atoms with Gasteiger partial charge in [-0.3, -0.25) is 4.79 Å². The number of carbonyl (C=O) groups excluding carboxylic acids is 1. The molecule has 1 amide bonds. The lowest BCUT2D eigenvalue weighted by molar-refractivity contribution is 0.0588. The number of piperidine rings is 1. The number of hydrogen-bond donors (Lipinski definition) is 1. The molecule has 1 N–H and O–H groups in total. The van der Waals surface area contributed by atoms with Gasteiger partial charge >= 0.3 is 0 Å². The summed E-state index contributed by atoms with van der Waals surface area (Å²) in [5.41, 5.74) is 1.24. The monoisotopic (exact) mass is 290 g/mol. The first-order valence-corrected chi connectivity index (χ1v) is 7.91. The maximum Gasteiger partial charge on any atom is 0.256 e. The number of para-hydroxylation sites is 1. The van der Waals surface area contributed by atoms with Gasteiger partial charge in [-0.05, 0) is 43.2 Å². The van der Waals surface area contributed by atoms with Gasteiger partial charge in [0.05, 0.1) is 11.3 Å². The third-order valence-corrected chi connectivity index (χ3v) is 5.27. The van der Waals surface area contributed by atoms with Crippen LogP contribution in [0, 0.1) is 11.2 Å². The number of rotatable bonds is 2. The Balaban J connectivity index is 1.73. The average molecular weight is 290 g/mol. The van der Waals surface area contributed by atoms with E-state index in [1.165, 1.54) is 31.7 Å². The number of halogens is 1. The molecule has 21 heavy (non-hydrogen) atoms. The molecule has 0 bridgehead atoms. The highest BCUT2D eigenvalue weighted by atomic mass is 19.1. The molecule has 3 nitrogen and oxygen atoms in total. The van der Waals surface area contributed by atoms with Crippen molar-refractivity contribution in [2.45, 2.75) is 38.5 Å². The lowest BCUT2D eigenvalue weighted by Crippen LogP contribution is -2.42. The number of anilines is 1. The van der Waals surface area contributed by atoms with Crippen LogP contribution in [0.4, 0.5) is 10.1 Å². The second-order valence-corrected chi connectivity index (χ2v) is 6.41. The summed E-state index contributed by atoms with van der Waals surface area (Å²) < 4.78 is 13.8. The highest BCUT2D eigenvalue weighted by molar-refractivity contribution is 5.99. The fourth-order valence-corrected chi connectivity index (χ4v) is 3.94. The van der Waals surface area contributed by atoms with E-state index in [1.54, 1.807) is 19.2 Å². The van der Waals surface area contributed by atoms with Gasteiger partial charge in [-0.2, -0.15) is 0 Å². The first-order valence-electron chi connectivity index (χ1n) is 7.91. The lowest BCUT2D eigenvalue weighted by Gasteiger charge is -2.39. The second-order valence-electron chi connectivity index (χ2n) is 6.41. The quantitative estimate of drug-likeness (QED) is 0.901. The van der Waals surface area contributed by atoms with E-state index in [4.69, 9.17) is 0 Å². The van der Waals surface area contributed by atoms with Crippen LogP contribution < -0.4 is 5.32 Å². The zero-order chi connectivity index (χ0) is 14.9. The van der Waals surface area contributed by atoms with E-state index in [0.29, 0.717) is 16.7 Å². The number of likely N-dealkylation sites (tertiary alicyclic amines) is 1. The maximum atomic E-state index is 13.8. The molecule has 1 saturated heterocycles. The molecule has 0 unspecified atom stereocenters. The van der Waals surface area contributed by atoms with Crippen LogP contribution in [0.1, 0.15) is 48.9 Å². The van der Waals surface area contributed by atoms with Crippen LogP contribution in [0.25, 0.3) is 0 Å². The van der Waals surface area contributed by atoms with Crippen LogP contribution in [-0.4, -0.2) is 30.9 Å². The number of nitrogens with zero attached hydrogens (tertiary/aromatic N) is 1. The van der Waals surface area contributed by atoms with Crippen molar-refractivity contribution in [2.24, 2.45) is 5.41 Å². The van der Waals surface area contributed by atoms with Crippen LogP contribution >= 0.6 is 0 Å². The first kappa shape index (κ1) is 14.4. The first-order chi connectivity index (χ1) is 10.2. The minimum absolute atomic E-state index is 0.0494. The van der Waals surface area contributed by atoms with Crippen molar-refractivity contribution in [3.63, 3.8) is 0 Å². The number of amides is 1. The summed E-state index contributed by atoms with van der Waals surface area (Å²) >= 11 is 0. The van der Waals surface area contributed by atoms with Crippen LogP contribution in [0.3, 0.4) is 0 Å². The Morgan fingerprint density at radius 1 is 1.19 bits per heavy atom. The van der Waals surface area contributed by atoms with Crippen LogP contribution in [-0.2, 0) is 0 Å². The van der Waals surface area contributed by atoms with Crippen molar-refractivity contribution in [2.75, 3.05) is 25.5 Å². The zero-order valence-electron chi connectivity index (χ0n) is 12.6. The molecule has 1 spiro atoms. The SMILES string of the molecule is CNc1c(F)cccc1C(=O)N1CCC2(CCCC2)CC1. The predicted molar refractivity (Wildman–Crippen MR) is 82.0 cm³/mol. The van der Waals surface area contributed by atoms with Gasteiger partial charge in [0.1, 0.15) is 5.82 Å². The van der Waals surface area contributed by atoms with Crippen molar-refractivity contribution in [3.8, 4) is 0 Å². The second kappa shape index (κ2) is 5.66. The average Bonchev–Trinajstić information content (AvgIpc) is 2.95. The van der Waals surface area contributed by atoms with Gasteiger partial charge in [-0.25, -0.2) is 4.39 Å². The maximum absolute atomic E-state index is 13.8. The van der Waals surface area contributed by atoms with Gasteiger partial charge in [0.15, 0.2) is 0 Å². The van der Waals surface area contributed by atoms with Crippen LogP contribution in [0.15, 0.2) is 18.2 Å². The Morgan fingerprint density at radius 3 is 2.48 bits per heavy atom. The molecule has 114 valence electrons. The molecule has 0 radical (unpaired) electrons. The molecule has 0 atom stereocenters. The molecule has 2 aliphatic rings. The molecular weight excluding hydrogens is 267 g/mol.